The van der Waals surface area contributed by atoms with Crippen molar-refractivity contribution in [2.24, 2.45) is 0 Å². The lowest BCUT2D eigenvalue weighted by Crippen LogP contribution is -2.42. The number of hydrogen-bond donors (Lipinski definition) is 2. The molecule has 1 aliphatic heterocycles. The van der Waals surface area contributed by atoms with E-state index in [1.807, 2.05) is 0 Å². The highest BCUT2D eigenvalue weighted by atomic mass is 16.5. The summed E-state index contributed by atoms with van der Waals surface area (Å²) in [7, 11) is 0. The molecule has 2 N–H and O–H groups in total. The van der Waals surface area contributed by atoms with Crippen LogP contribution >= 0.6 is 0 Å². The maximum absolute atomic E-state index is 11.9. The molecule has 4 heteroatoms. The van der Waals surface area contributed by atoms with E-state index < -0.39 is 12.1 Å². The average Bonchev–Trinajstić information content (AvgIpc) is 2.99. The third-order valence-corrected chi connectivity index (χ3v) is 5.69. The minimum atomic E-state index is -0.818. The van der Waals surface area contributed by atoms with Crippen molar-refractivity contribution in [2.45, 2.75) is 97.0 Å². The Kier molecular flexibility index (Phi) is 7.46. The van der Waals surface area contributed by atoms with Crippen LogP contribution in [0.15, 0.2) is 24.8 Å². The molecular weight excluding hydrogens is 350 g/mol. The van der Waals surface area contributed by atoms with Crippen LogP contribution in [0, 0.1) is 0 Å². The van der Waals surface area contributed by atoms with E-state index in [9.17, 15) is 9.90 Å². The molecule has 4 atom stereocenters. The lowest BCUT2D eigenvalue weighted by atomic mass is 9.82. The number of rotatable bonds is 8. The quantitative estimate of drug-likeness (QED) is 0.621. The average molecular weight is 388 g/mol. The second kappa shape index (κ2) is 9.23. The second-order valence-corrected chi connectivity index (χ2v) is 8.92. The predicted octanol–water partition coefficient (Wildman–Crippen LogP) is 4.94. The first-order chi connectivity index (χ1) is 13.1. The number of aliphatic hydroxyl groups excluding tert-OH is 1. The van der Waals surface area contributed by atoms with Crippen molar-refractivity contribution >= 4 is 5.91 Å². The SMILES string of the molecule is C=CC(O)[C@H]1NC(=O)C[C@H]1O[C@@H](C)c1c(C(C)C)cc(C(C)C)cc1C(C)C. The number of amides is 1. The molecule has 1 unspecified atom stereocenters. The Labute approximate surface area is 170 Å². The van der Waals surface area contributed by atoms with Crippen LogP contribution in [-0.4, -0.2) is 29.3 Å². The summed E-state index contributed by atoms with van der Waals surface area (Å²) in [6, 6.07) is 4.17. The van der Waals surface area contributed by atoms with Gasteiger partial charge in [0.05, 0.1) is 30.8 Å². The van der Waals surface area contributed by atoms with Crippen LogP contribution in [0.2, 0.25) is 0 Å². The number of carbonyl (C=O) groups is 1. The number of ether oxygens (including phenoxy) is 1. The van der Waals surface area contributed by atoms with Crippen LogP contribution in [0.5, 0.6) is 0 Å². The molecule has 0 aliphatic carbocycles. The lowest BCUT2D eigenvalue weighted by molar-refractivity contribution is -0.120. The number of carbonyl (C=O) groups excluding carboxylic acids is 1. The van der Waals surface area contributed by atoms with Gasteiger partial charge in [-0.2, -0.15) is 0 Å². The van der Waals surface area contributed by atoms with E-state index in [1.54, 1.807) is 0 Å². The molecule has 2 rings (SSSR count). The molecule has 0 bridgehead atoms. The summed E-state index contributed by atoms with van der Waals surface area (Å²) >= 11 is 0. The summed E-state index contributed by atoms with van der Waals surface area (Å²) in [6.45, 7) is 19.0. The molecule has 156 valence electrons. The van der Waals surface area contributed by atoms with Crippen LogP contribution in [0.4, 0.5) is 0 Å². The molecule has 4 nitrogen and oxygen atoms in total. The Morgan fingerprint density at radius 2 is 1.61 bits per heavy atom. The molecule has 0 spiro atoms. The van der Waals surface area contributed by atoms with Gasteiger partial charge >= 0.3 is 0 Å². The van der Waals surface area contributed by atoms with Gasteiger partial charge in [0.2, 0.25) is 5.91 Å². The van der Waals surface area contributed by atoms with Gasteiger partial charge < -0.3 is 15.2 Å². The topological polar surface area (TPSA) is 58.6 Å². The number of aliphatic hydroxyl groups is 1. The largest absolute Gasteiger partial charge is 0.387 e. The first kappa shape index (κ1) is 22.6. The minimum absolute atomic E-state index is 0.0913. The molecule has 1 heterocycles. The predicted molar refractivity (Wildman–Crippen MR) is 115 cm³/mol. The fraction of sp³-hybridized carbons (Fsp3) is 0.625. The first-order valence-corrected chi connectivity index (χ1v) is 10.5. The van der Waals surface area contributed by atoms with Gasteiger partial charge in [0, 0.05) is 0 Å². The van der Waals surface area contributed by atoms with Crippen molar-refractivity contribution in [1.29, 1.82) is 0 Å². The summed E-state index contributed by atoms with van der Waals surface area (Å²) in [5, 5.41) is 13.0. The minimum Gasteiger partial charge on any atom is -0.387 e. The number of benzene rings is 1. The summed E-state index contributed by atoms with van der Waals surface area (Å²) in [6.07, 6.45) is 0.348. The van der Waals surface area contributed by atoms with Crippen LogP contribution < -0.4 is 5.32 Å². The van der Waals surface area contributed by atoms with Crippen molar-refractivity contribution in [3.05, 3.63) is 47.0 Å². The third-order valence-electron chi connectivity index (χ3n) is 5.69. The third kappa shape index (κ3) is 4.84. The van der Waals surface area contributed by atoms with E-state index in [0.29, 0.717) is 17.8 Å². The highest BCUT2D eigenvalue weighted by molar-refractivity contribution is 5.79. The smallest absolute Gasteiger partial charge is 0.223 e. The molecule has 0 aromatic heterocycles. The zero-order valence-corrected chi connectivity index (χ0v) is 18.5. The fourth-order valence-corrected chi connectivity index (χ4v) is 4.04. The monoisotopic (exact) mass is 387 g/mol. The summed E-state index contributed by atoms with van der Waals surface area (Å²) < 4.78 is 6.39. The number of hydrogen-bond acceptors (Lipinski definition) is 3. The summed E-state index contributed by atoms with van der Waals surface area (Å²) in [4.78, 5) is 11.9. The van der Waals surface area contributed by atoms with Gasteiger partial charge in [-0.3, -0.25) is 4.79 Å². The van der Waals surface area contributed by atoms with Gasteiger partial charge in [0.15, 0.2) is 0 Å². The Morgan fingerprint density at radius 3 is 2.04 bits per heavy atom. The van der Waals surface area contributed by atoms with E-state index in [1.165, 1.54) is 28.3 Å². The number of nitrogens with one attached hydrogen (secondary N) is 1. The Morgan fingerprint density at radius 1 is 1.07 bits per heavy atom. The zero-order chi connectivity index (χ0) is 21.2. The second-order valence-electron chi connectivity index (χ2n) is 8.92. The summed E-state index contributed by atoms with van der Waals surface area (Å²) in [5.41, 5.74) is 5.18. The molecule has 1 saturated heterocycles. The molecule has 1 aromatic rings. The lowest BCUT2D eigenvalue weighted by Gasteiger charge is -2.30. The molecule has 1 aromatic carbocycles. The van der Waals surface area contributed by atoms with Crippen molar-refractivity contribution in [1.82, 2.24) is 5.32 Å². The van der Waals surface area contributed by atoms with Gasteiger partial charge in [-0.1, -0.05) is 59.8 Å². The van der Waals surface area contributed by atoms with Crippen LogP contribution in [-0.2, 0) is 9.53 Å². The Bertz CT molecular complexity index is 679. The van der Waals surface area contributed by atoms with Gasteiger partial charge in [-0.25, -0.2) is 0 Å². The standard InChI is InChI=1S/C24H37NO3/c1-9-20(26)24-21(12-22(27)25-24)28-16(8)23-18(14(4)5)10-17(13(2)3)11-19(23)15(6)7/h9-11,13-16,20-21,24,26H,1,12H2,2-8H3,(H,25,27)/t16-,20?,21+,24+/m0/s1. The van der Waals surface area contributed by atoms with E-state index in [0.717, 1.165) is 0 Å². The highest BCUT2D eigenvalue weighted by Crippen LogP contribution is 2.38. The van der Waals surface area contributed by atoms with Gasteiger partial charge in [0.25, 0.3) is 0 Å². The molecule has 0 radical (unpaired) electrons. The van der Waals surface area contributed by atoms with Crippen molar-refractivity contribution < 1.29 is 14.6 Å². The Hall–Kier alpha value is -1.65. The molecule has 1 aliphatic rings. The van der Waals surface area contributed by atoms with E-state index in [4.69, 9.17) is 4.74 Å². The molecule has 1 fully saturated rings. The maximum atomic E-state index is 11.9. The zero-order valence-electron chi connectivity index (χ0n) is 18.5. The van der Waals surface area contributed by atoms with Gasteiger partial charge in [-0.15, -0.1) is 6.58 Å². The van der Waals surface area contributed by atoms with Crippen LogP contribution in [0.25, 0.3) is 0 Å². The molecule has 1 amide bonds. The fourth-order valence-electron chi connectivity index (χ4n) is 4.04. The Balaban J connectivity index is 2.44. The van der Waals surface area contributed by atoms with E-state index in [-0.39, 0.29) is 24.5 Å². The van der Waals surface area contributed by atoms with Crippen molar-refractivity contribution in [3.63, 3.8) is 0 Å². The van der Waals surface area contributed by atoms with Gasteiger partial charge in [-0.05, 0) is 46.9 Å². The van der Waals surface area contributed by atoms with Gasteiger partial charge in [0.1, 0.15) is 0 Å². The van der Waals surface area contributed by atoms with E-state index in [2.05, 4.69) is 72.5 Å². The maximum Gasteiger partial charge on any atom is 0.223 e. The summed E-state index contributed by atoms with van der Waals surface area (Å²) in [5.74, 6) is 1.11. The molecule has 28 heavy (non-hydrogen) atoms. The molecular formula is C24H37NO3. The van der Waals surface area contributed by atoms with Crippen LogP contribution in [0.1, 0.15) is 101 Å². The van der Waals surface area contributed by atoms with E-state index >= 15 is 0 Å². The van der Waals surface area contributed by atoms with Crippen molar-refractivity contribution in [2.75, 3.05) is 0 Å². The molecule has 0 saturated carbocycles. The normalized spacial score (nSPS) is 22.0. The van der Waals surface area contributed by atoms with Crippen LogP contribution in [0.3, 0.4) is 0 Å². The van der Waals surface area contributed by atoms with Crippen molar-refractivity contribution in [3.8, 4) is 0 Å². The highest BCUT2D eigenvalue weighted by Gasteiger charge is 2.38. The first-order valence-electron chi connectivity index (χ1n) is 10.5.